The Morgan fingerprint density at radius 2 is 1.91 bits per heavy atom. The van der Waals surface area contributed by atoms with E-state index in [1.165, 1.54) is 5.56 Å². The molecule has 2 N–H and O–H groups in total. The van der Waals surface area contributed by atoms with E-state index >= 15 is 0 Å². The number of carbonyl (C=O) groups excluding carboxylic acids is 1. The number of carboxylic acid groups (broad SMARTS) is 2. The number of carboxylic acids is 2. The molecule has 5 rings (SSSR count). The third-order valence-corrected chi connectivity index (χ3v) is 5.73. The number of pyridine rings is 1. The Morgan fingerprint density at radius 1 is 1.09 bits per heavy atom. The minimum Gasteiger partial charge on any atom is -0.473 e. The Morgan fingerprint density at radius 3 is 2.64 bits per heavy atom. The number of amides is 1. The molecule has 11 heteroatoms. The van der Waals surface area contributed by atoms with Crippen molar-refractivity contribution in [2.45, 2.75) is 12.6 Å². The van der Waals surface area contributed by atoms with Crippen molar-refractivity contribution in [3.8, 4) is 0 Å². The zero-order chi connectivity index (χ0) is 23.4. The summed E-state index contributed by atoms with van der Waals surface area (Å²) in [7, 11) is 0. The number of hydrogen-bond donors (Lipinski definition) is 2. The van der Waals surface area contributed by atoms with Gasteiger partial charge in [0.2, 0.25) is 0 Å². The standard InChI is InChI=1S/C20H22N4O3.C2H2O4/c25-20(17-9-21-24-5-2-1-3-18(17)24)23-12-16-11-22(6-8-27-19(16)13-23)10-15-4-7-26-14-15;3-1(4)2(5)6/h1-5,7,9,14,16,19H,6,8,10-13H2;(H,3,4)(H,5,6)/t16-,19+;/m0./s1. The molecule has 0 unspecified atom stereocenters. The summed E-state index contributed by atoms with van der Waals surface area (Å²) in [5, 5.41) is 19.1. The number of aromatic nitrogens is 2. The summed E-state index contributed by atoms with van der Waals surface area (Å²) in [5.41, 5.74) is 2.67. The Kier molecular flexibility index (Phi) is 6.71. The monoisotopic (exact) mass is 456 g/mol. The molecule has 3 aromatic heterocycles. The first-order chi connectivity index (χ1) is 15.9. The molecule has 0 bridgehead atoms. The summed E-state index contributed by atoms with van der Waals surface area (Å²) in [6.45, 7) is 4.74. The number of fused-ring (bicyclic) bond motifs is 2. The number of furan rings is 1. The van der Waals surface area contributed by atoms with E-state index in [0.717, 1.165) is 31.7 Å². The van der Waals surface area contributed by atoms with Crippen LogP contribution in [0, 0.1) is 5.92 Å². The van der Waals surface area contributed by atoms with Gasteiger partial charge in [-0.2, -0.15) is 5.10 Å². The lowest BCUT2D eigenvalue weighted by Crippen LogP contribution is -2.33. The van der Waals surface area contributed by atoms with Gasteiger partial charge in [0.1, 0.15) is 0 Å². The molecule has 2 atom stereocenters. The third-order valence-electron chi connectivity index (χ3n) is 5.73. The van der Waals surface area contributed by atoms with Gasteiger partial charge in [0, 0.05) is 50.4 Å². The minimum atomic E-state index is -1.82. The lowest BCUT2D eigenvalue weighted by molar-refractivity contribution is -0.159. The van der Waals surface area contributed by atoms with Crippen LogP contribution in [0.2, 0.25) is 0 Å². The van der Waals surface area contributed by atoms with Crippen molar-refractivity contribution >= 4 is 23.4 Å². The Labute approximate surface area is 188 Å². The first-order valence-corrected chi connectivity index (χ1v) is 10.4. The molecule has 174 valence electrons. The number of hydrogen-bond acceptors (Lipinski definition) is 7. The molecule has 3 aromatic rings. The van der Waals surface area contributed by atoms with E-state index in [1.54, 1.807) is 23.2 Å². The molecule has 33 heavy (non-hydrogen) atoms. The van der Waals surface area contributed by atoms with E-state index in [4.69, 9.17) is 29.0 Å². The summed E-state index contributed by atoms with van der Waals surface area (Å²) in [6, 6.07) is 7.76. The first kappa shape index (κ1) is 22.5. The fourth-order valence-electron chi connectivity index (χ4n) is 4.18. The largest absolute Gasteiger partial charge is 0.473 e. The average molecular weight is 456 g/mol. The second-order valence-electron chi connectivity index (χ2n) is 7.95. The highest BCUT2D eigenvalue weighted by Crippen LogP contribution is 2.26. The van der Waals surface area contributed by atoms with E-state index in [0.29, 0.717) is 24.6 Å². The van der Waals surface area contributed by atoms with Crippen molar-refractivity contribution in [3.63, 3.8) is 0 Å². The highest BCUT2D eigenvalue weighted by Gasteiger charge is 2.39. The molecule has 0 radical (unpaired) electrons. The minimum absolute atomic E-state index is 0.0364. The third kappa shape index (κ3) is 5.21. The zero-order valence-electron chi connectivity index (χ0n) is 17.7. The van der Waals surface area contributed by atoms with Gasteiger partial charge < -0.3 is 24.3 Å². The summed E-state index contributed by atoms with van der Waals surface area (Å²) in [5.74, 6) is -3.29. The van der Waals surface area contributed by atoms with Gasteiger partial charge in [-0.1, -0.05) is 6.07 Å². The second-order valence-corrected chi connectivity index (χ2v) is 7.95. The number of nitrogens with zero attached hydrogens (tertiary/aromatic N) is 4. The number of aliphatic carboxylic acids is 2. The smallest absolute Gasteiger partial charge is 0.414 e. The number of ether oxygens (including phenoxy) is 1. The number of likely N-dealkylation sites (tertiary alicyclic amines) is 1. The summed E-state index contributed by atoms with van der Waals surface area (Å²) in [4.78, 5) is 35.6. The van der Waals surface area contributed by atoms with Gasteiger partial charge in [0.15, 0.2) is 0 Å². The van der Waals surface area contributed by atoms with Crippen molar-refractivity contribution in [3.05, 3.63) is 60.3 Å². The average Bonchev–Trinajstić information content (AvgIpc) is 3.52. The van der Waals surface area contributed by atoms with Gasteiger partial charge in [-0.05, 0) is 18.2 Å². The van der Waals surface area contributed by atoms with E-state index in [-0.39, 0.29) is 12.0 Å². The topological polar surface area (TPSA) is 138 Å². The summed E-state index contributed by atoms with van der Waals surface area (Å²) >= 11 is 0. The second kappa shape index (κ2) is 9.84. The Balaban J connectivity index is 0.000000385. The van der Waals surface area contributed by atoms with Crippen molar-refractivity contribution in [2.75, 3.05) is 32.8 Å². The van der Waals surface area contributed by atoms with Crippen LogP contribution < -0.4 is 0 Å². The predicted octanol–water partition coefficient (Wildman–Crippen LogP) is 1.06. The molecule has 0 aliphatic carbocycles. The van der Waals surface area contributed by atoms with Gasteiger partial charge in [-0.15, -0.1) is 0 Å². The van der Waals surface area contributed by atoms with E-state index in [2.05, 4.69) is 10.00 Å². The van der Waals surface area contributed by atoms with Crippen LogP contribution in [0.1, 0.15) is 15.9 Å². The first-order valence-electron chi connectivity index (χ1n) is 10.4. The highest BCUT2D eigenvalue weighted by atomic mass is 16.5. The van der Waals surface area contributed by atoms with Crippen LogP contribution in [0.25, 0.3) is 5.52 Å². The normalized spacial score (nSPS) is 20.5. The van der Waals surface area contributed by atoms with Crippen LogP contribution in [-0.4, -0.2) is 86.4 Å². The lowest BCUT2D eigenvalue weighted by atomic mass is 10.1. The van der Waals surface area contributed by atoms with Crippen LogP contribution in [0.3, 0.4) is 0 Å². The van der Waals surface area contributed by atoms with E-state index in [9.17, 15) is 4.79 Å². The van der Waals surface area contributed by atoms with Crippen molar-refractivity contribution in [1.82, 2.24) is 19.4 Å². The van der Waals surface area contributed by atoms with Gasteiger partial charge in [-0.25, -0.2) is 14.1 Å². The highest BCUT2D eigenvalue weighted by molar-refractivity contribution is 6.27. The Hall–Kier alpha value is -3.70. The van der Waals surface area contributed by atoms with Gasteiger partial charge >= 0.3 is 11.9 Å². The van der Waals surface area contributed by atoms with Crippen LogP contribution >= 0.6 is 0 Å². The van der Waals surface area contributed by atoms with Crippen LogP contribution in [-0.2, 0) is 20.9 Å². The molecule has 2 fully saturated rings. The molecule has 2 aliphatic rings. The predicted molar refractivity (Wildman–Crippen MR) is 114 cm³/mol. The molecule has 11 nitrogen and oxygen atoms in total. The van der Waals surface area contributed by atoms with Gasteiger partial charge in [0.25, 0.3) is 5.91 Å². The summed E-state index contributed by atoms with van der Waals surface area (Å²) in [6.07, 6.45) is 7.12. The van der Waals surface area contributed by atoms with E-state index < -0.39 is 11.9 Å². The molecular weight excluding hydrogens is 432 g/mol. The van der Waals surface area contributed by atoms with Gasteiger partial charge in [0.05, 0.1) is 42.5 Å². The molecule has 5 heterocycles. The van der Waals surface area contributed by atoms with Crippen LogP contribution in [0.15, 0.2) is 53.6 Å². The fraction of sp³-hybridized carbons (Fsp3) is 0.364. The lowest BCUT2D eigenvalue weighted by Gasteiger charge is -2.22. The Bertz CT molecular complexity index is 1110. The van der Waals surface area contributed by atoms with Gasteiger partial charge in [-0.3, -0.25) is 9.69 Å². The number of carbonyl (C=O) groups is 3. The fourth-order valence-corrected chi connectivity index (χ4v) is 4.18. The maximum absolute atomic E-state index is 13.1. The number of rotatable bonds is 3. The molecule has 2 aliphatic heterocycles. The molecule has 1 amide bonds. The molecule has 2 saturated heterocycles. The quantitative estimate of drug-likeness (QED) is 0.554. The van der Waals surface area contributed by atoms with Crippen LogP contribution in [0.4, 0.5) is 0 Å². The van der Waals surface area contributed by atoms with Crippen molar-refractivity contribution < 1.29 is 33.8 Å². The maximum Gasteiger partial charge on any atom is 0.414 e. The maximum atomic E-state index is 13.1. The van der Waals surface area contributed by atoms with Crippen LogP contribution in [0.5, 0.6) is 0 Å². The molecule has 0 saturated carbocycles. The molecular formula is C22H24N4O7. The molecule has 0 aromatic carbocycles. The molecule has 0 spiro atoms. The van der Waals surface area contributed by atoms with Crippen molar-refractivity contribution in [1.29, 1.82) is 0 Å². The SMILES string of the molecule is O=C(O)C(=O)O.O=C(c1cnn2ccccc12)N1C[C@@H]2CN(Cc3ccoc3)CCO[C@@H]2C1. The van der Waals surface area contributed by atoms with E-state index in [1.807, 2.05) is 35.4 Å². The van der Waals surface area contributed by atoms with Crippen molar-refractivity contribution in [2.24, 2.45) is 5.92 Å². The zero-order valence-corrected chi connectivity index (χ0v) is 17.7. The summed E-state index contributed by atoms with van der Waals surface area (Å²) < 4.78 is 13.0.